The average Bonchev–Trinajstić information content (AvgIpc) is 2.64. The third kappa shape index (κ3) is 3.16. The van der Waals surface area contributed by atoms with E-state index >= 15 is 0 Å². The van der Waals surface area contributed by atoms with Crippen LogP contribution in [0.25, 0.3) is 0 Å². The monoisotopic (exact) mass is 258 g/mol. The van der Waals surface area contributed by atoms with Crippen LogP contribution in [-0.2, 0) is 18.4 Å². The summed E-state index contributed by atoms with van der Waals surface area (Å²) in [6.45, 7) is 4.32. The molecule has 0 spiro atoms. The average molecular weight is 258 g/mol. The number of hydrogen-bond donors (Lipinski definition) is 1. The van der Waals surface area contributed by atoms with Crippen molar-refractivity contribution >= 4 is 11.7 Å². The Hall–Kier alpha value is -2.23. The van der Waals surface area contributed by atoms with Crippen LogP contribution in [0.1, 0.15) is 27.2 Å². The van der Waals surface area contributed by atoms with Crippen molar-refractivity contribution in [2.45, 2.75) is 20.5 Å². The van der Waals surface area contributed by atoms with E-state index in [0.29, 0.717) is 11.4 Å². The molecule has 100 valence electrons. The third-order valence-electron chi connectivity index (χ3n) is 2.89. The minimum Gasteiger partial charge on any atom is -0.456 e. The first-order chi connectivity index (χ1) is 8.95. The molecule has 0 radical (unpaired) electrons. The van der Waals surface area contributed by atoms with Gasteiger partial charge in [0.25, 0.3) is 0 Å². The van der Waals surface area contributed by atoms with E-state index in [1.54, 1.807) is 23.9 Å². The minimum absolute atomic E-state index is 0.270. The second kappa shape index (κ2) is 5.18. The summed E-state index contributed by atoms with van der Waals surface area (Å²) in [5.74, 6) is -0.363. The van der Waals surface area contributed by atoms with E-state index in [4.69, 9.17) is 10.5 Å². The van der Waals surface area contributed by atoms with Gasteiger partial charge in [-0.1, -0.05) is 29.3 Å². The van der Waals surface area contributed by atoms with Crippen molar-refractivity contribution in [3.05, 3.63) is 52.8 Å². The Kier molecular flexibility index (Phi) is 3.60. The van der Waals surface area contributed by atoms with E-state index in [0.717, 1.165) is 16.7 Å². The molecule has 4 nitrogen and oxygen atoms in total. The number of carbonyl (C=O) groups excluding carboxylic acids is 1. The van der Waals surface area contributed by atoms with Crippen molar-refractivity contribution in [2.75, 3.05) is 5.73 Å². The van der Waals surface area contributed by atoms with E-state index in [1.165, 1.54) is 0 Å². The summed E-state index contributed by atoms with van der Waals surface area (Å²) in [7, 11) is 1.77. The molecule has 0 fully saturated rings. The number of hydrogen-bond acceptors (Lipinski definition) is 3. The van der Waals surface area contributed by atoms with E-state index in [-0.39, 0.29) is 12.6 Å². The van der Waals surface area contributed by atoms with Gasteiger partial charge in [-0.3, -0.25) is 0 Å². The number of aromatic nitrogens is 1. The van der Waals surface area contributed by atoms with Gasteiger partial charge in [0.15, 0.2) is 0 Å². The standard InChI is InChI=1S/C15H18N2O2/c1-10-4-11(2)6-12(5-10)9-19-15(18)14-7-13(16)8-17(14)3/h4-8H,9,16H2,1-3H3. The number of nitrogen functional groups attached to an aromatic ring is 1. The van der Waals surface area contributed by atoms with Gasteiger partial charge in [0, 0.05) is 13.2 Å². The molecule has 1 heterocycles. The fraction of sp³-hybridized carbons (Fsp3) is 0.267. The number of carbonyl (C=O) groups is 1. The number of nitrogens with two attached hydrogens (primary N) is 1. The first-order valence-corrected chi connectivity index (χ1v) is 6.12. The van der Waals surface area contributed by atoms with E-state index in [2.05, 4.69) is 6.07 Å². The SMILES string of the molecule is Cc1cc(C)cc(COC(=O)c2cc(N)cn2C)c1. The summed E-state index contributed by atoms with van der Waals surface area (Å²) in [4.78, 5) is 11.9. The van der Waals surface area contributed by atoms with Gasteiger partial charge >= 0.3 is 5.97 Å². The zero-order chi connectivity index (χ0) is 14.0. The van der Waals surface area contributed by atoms with E-state index in [9.17, 15) is 4.79 Å². The molecule has 0 bridgehead atoms. The Morgan fingerprint density at radius 3 is 2.37 bits per heavy atom. The molecule has 0 aliphatic carbocycles. The van der Waals surface area contributed by atoms with E-state index in [1.807, 2.05) is 26.0 Å². The number of benzene rings is 1. The molecule has 1 aromatic carbocycles. The van der Waals surface area contributed by atoms with E-state index < -0.39 is 0 Å². The van der Waals surface area contributed by atoms with Gasteiger partial charge in [0.1, 0.15) is 12.3 Å². The lowest BCUT2D eigenvalue weighted by Gasteiger charge is -2.07. The van der Waals surface area contributed by atoms with Crippen LogP contribution in [0, 0.1) is 13.8 Å². The maximum absolute atomic E-state index is 11.9. The Morgan fingerprint density at radius 1 is 1.21 bits per heavy atom. The molecule has 0 amide bonds. The lowest BCUT2D eigenvalue weighted by Crippen LogP contribution is -2.09. The predicted octanol–water partition coefficient (Wildman–Crippen LogP) is 2.58. The summed E-state index contributed by atoms with van der Waals surface area (Å²) in [5.41, 5.74) is 9.97. The first-order valence-electron chi connectivity index (χ1n) is 6.12. The highest BCUT2D eigenvalue weighted by atomic mass is 16.5. The van der Waals surface area contributed by atoms with Gasteiger partial charge in [-0.05, 0) is 25.5 Å². The second-order valence-corrected chi connectivity index (χ2v) is 4.84. The Labute approximate surface area is 112 Å². The summed E-state index contributed by atoms with van der Waals surface area (Å²) < 4.78 is 6.97. The predicted molar refractivity (Wildman–Crippen MR) is 74.9 cm³/mol. The molecular weight excluding hydrogens is 240 g/mol. The van der Waals surface area contributed by atoms with Crippen LogP contribution < -0.4 is 5.73 Å². The maximum Gasteiger partial charge on any atom is 0.355 e. The molecule has 0 unspecified atom stereocenters. The Morgan fingerprint density at radius 2 is 1.84 bits per heavy atom. The van der Waals surface area contributed by atoms with Gasteiger partial charge < -0.3 is 15.0 Å². The number of ether oxygens (including phenoxy) is 1. The van der Waals surface area contributed by atoms with Crippen LogP contribution in [-0.4, -0.2) is 10.5 Å². The fourth-order valence-corrected chi connectivity index (χ4v) is 2.17. The Balaban J connectivity index is 2.06. The van der Waals surface area contributed by atoms with Crippen molar-refractivity contribution in [2.24, 2.45) is 7.05 Å². The molecule has 0 saturated heterocycles. The van der Waals surface area contributed by atoms with Crippen LogP contribution in [0.2, 0.25) is 0 Å². The van der Waals surface area contributed by atoms with Gasteiger partial charge in [0.2, 0.25) is 0 Å². The van der Waals surface area contributed by atoms with Gasteiger partial charge in [-0.15, -0.1) is 0 Å². The lowest BCUT2D eigenvalue weighted by atomic mass is 10.1. The van der Waals surface area contributed by atoms with Gasteiger partial charge in [-0.2, -0.15) is 0 Å². The minimum atomic E-state index is -0.363. The molecule has 0 atom stereocenters. The summed E-state index contributed by atoms with van der Waals surface area (Å²) in [5, 5.41) is 0. The molecule has 1 aromatic heterocycles. The van der Waals surface area contributed by atoms with Crippen LogP contribution >= 0.6 is 0 Å². The number of esters is 1. The highest BCUT2D eigenvalue weighted by Gasteiger charge is 2.12. The highest BCUT2D eigenvalue weighted by Crippen LogP contribution is 2.13. The maximum atomic E-state index is 11.9. The fourth-order valence-electron chi connectivity index (χ4n) is 2.17. The number of anilines is 1. The molecule has 0 aliphatic heterocycles. The topological polar surface area (TPSA) is 57.2 Å². The second-order valence-electron chi connectivity index (χ2n) is 4.84. The molecule has 2 rings (SSSR count). The van der Waals surface area contributed by atoms with Gasteiger partial charge in [-0.25, -0.2) is 4.79 Å². The van der Waals surface area contributed by atoms with Crippen LogP contribution in [0.5, 0.6) is 0 Å². The Bertz CT molecular complexity index is 594. The zero-order valence-corrected chi connectivity index (χ0v) is 11.4. The molecule has 2 N–H and O–H groups in total. The summed E-state index contributed by atoms with van der Waals surface area (Å²) in [6, 6.07) is 7.73. The van der Waals surface area contributed by atoms with Gasteiger partial charge in [0.05, 0.1) is 5.69 Å². The van der Waals surface area contributed by atoms with Crippen LogP contribution in [0.3, 0.4) is 0 Å². The van der Waals surface area contributed by atoms with Crippen molar-refractivity contribution in [3.63, 3.8) is 0 Å². The number of rotatable bonds is 3. The summed E-state index contributed by atoms with van der Waals surface area (Å²) >= 11 is 0. The number of nitrogens with zero attached hydrogens (tertiary/aromatic N) is 1. The van der Waals surface area contributed by atoms with Crippen molar-refractivity contribution < 1.29 is 9.53 Å². The highest BCUT2D eigenvalue weighted by molar-refractivity contribution is 5.89. The zero-order valence-electron chi connectivity index (χ0n) is 11.4. The lowest BCUT2D eigenvalue weighted by molar-refractivity contribution is 0.0461. The smallest absolute Gasteiger partial charge is 0.355 e. The molecule has 19 heavy (non-hydrogen) atoms. The first kappa shape index (κ1) is 13.2. The molecular formula is C15H18N2O2. The van der Waals surface area contributed by atoms with Crippen molar-refractivity contribution in [3.8, 4) is 0 Å². The molecule has 0 saturated carbocycles. The molecule has 4 heteroatoms. The van der Waals surface area contributed by atoms with Crippen molar-refractivity contribution in [1.29, 1.82) is 0 Å². The quantitative estimate of drug-likeness (QED) is 0.861. The molecule has 0 aliphatic rings. The molecule has 2 aromatic rings. The normalized spacial score (nSPS) is 10.5. The number of aryl methyl sites for hydroxylation is 3. The van der Waals surface area contributed by atoms with Crippen LogP contribution in [0.4, 0.5) is 5.69 Å². The summed E-state index contributed by atoms with van der Waals surface area (Å²) in [6.07, 6.45) is 1.69. The van der Waals surface area contributed by atoms with Crippen molar-refractivity contribution in [1.82, 2.24) is 4.57 Å². The van der Waals surface area contributed by atoms with Crippen LogP contribution in [0.15, 0.2) is 30.5 Å². The largest absolute Gasteiger partial charge is 0.456 e. The third-order valence-corrected chi connectivity index (χ3v) is 2.89.